The van der Waals surface area contributed by atoms with Crippen LogP contribution < -0.4 is 4.74 Å². The first-order valence-corrected chi connectivity index (χ1v) is 5.13. The van der Waals surface area contributed by atoms with Crippen LogP contribution in [0.5, 0.6) is 5.75 Å². The number of hydrogen-bond donors (Lipinski definition) is 0. The van der Waals surface area contributed by atoms with Crippen molar-refractivity contribution in [3.05, 3.63) is 47.6 Å². The number of methoxy groups -OCH3 is 1. The predicted octanol–water partition coefficient (Wildman–Crippen LogP) is 3.70. The molecule has 16 heavy (non-hydrogen) atoms. The van der Waals surface area contributed by atoms with E-state index in [0.29, 0.717) is 0 Å². The summed E-state index contributed by atoms with van der Waals surface area (Å²) in [6.07, 6.45) is 3.98. The molecule has 0 heterocycles. The molecule has 0 aromatic heterocycles. The Kier molecular flexibility index (Phi) is 4.52. The average molecular weight is 215 g/mol. The van der Waals surface area contributed by atoms with Gasteiger partial charge in [-0.05, 0) is 50.9 Å². The molecule has 0 aliphatic rings. The highest BCUT2D eigenvalue weighted by molar-refractivity contribution is 5.69. The Morgan fingerprint density at radius 2 is 1.81 bits per heavy atom. The first kappa shape index (κ1) is 12.2. The standard InChI is InChI=1S/C14H17NO/c1-11(2)5-10-14(15-3)12-6-8-13(16-4)9-7-12/h5-10H,3H2,1-2,4H3/b14-10-. The Morgan fingerprint density at radius 1 is 1.19 bits per heavy atom. The average Bonchev–Trinajstić information content (AvgIpc) is 2.30. The summed E-state index contributed by atoms with van der Waals surface area (Å²) in [5, 5.41) is 0. The van der Waals surface area contributed by atoms with Crippen LogP contribution in [0.4, 0.5) is 0 Å². The van der Waals surface area contributed by atoms with Crippen molar-refractivity contribution in [3.63, 3.8) is 0 Å². The van der Waals surface area contributed by atoms with Crippen LogP contribution in [0.15, 0.2) is 47.0 Å². The second-order valence-electron chi connectivity index (χ2n) is 3.68. The topological polar surface area (TPSA) is 21.6 Å². The van der Waals surface area contributed by atoms with E-state index in [2.05, 4.69) is 11.7 Å². The maximum Gasteiger partial charge on any atom is 0.118 e. The molecule has 1 aromatic rings. The monoisotopic (exact) mass is 215 g/mol. The Hall–Kier alpha value is -1.83. The van der Waals surface area contributed by atoms with Crippen molar-refractivity contribution < 1.29 is 4.74 Å². The minimum absolute atomic E-state index is 0.842. The van der Waals surface area contributed by atoms with Crippen molar-refractivity contribution in [2.75, 3.05) is 7.11 Å². The molecule has 0 amide bonds. The molecular weight excluding hydrogens is 198 g/mol. The van der Waals surface area contributed by atoms with Crippen molar-refractivity contribution in [1.82, 2.24) is 0 Å². The Labute approximate surface area is 97.0 Å². The molecule has 0 saturated heterocycles. The first-order valence-electron chi connectivity index (χ1n) is 5.13. The van der Waals surface area contributed by atoms with Crippen LogP contribution in [-0.4, -0.2) is 13.8 Å². The molecule has 0 atom stereocenters. The Balaban J connectivity index is 3.00. The van der Waals surface area contributed by atoms with Gasteiger partial charge in [0.25, 0.3) is 0 Å². The van der Waals surface area contributed by atoms with Crippen molar-refractivity contribution in [2.24, 2.45) is 4.99 Å². The molecule has 0 radical (unpaired) electrons. The van der Waals surface area contributed by atoms with Crippen molar-refractivity contribution in [1.29, 1.82) is 0 Å². The van der Waals surface area contributed by atoms with E-state index in [1.54, 1.807) is 7.11 Å². The molecule has 0 fully saturated rings. The molecule has 0 spiro atoms. The number of nitrogens with zero attached hydrogens (tertiary/aromatic N) is 1. The number of aliphatic imine (C=N–C) groups is 1. The molecule has 0 aliphatic heterocycles. The minimum atomic E-state index is 0.842. The van der Waals surface area contributed by atoms with Gasteiger partial charge in [-0.15, -0.1) is 0 Å². The number of hydrogen-bond acceptors (Lipinski definition) is 2. The van der Waals surface area contributed by atoms with Gasteiger partial charge >= 0.3 is 0 Å². The Bertz CT molecular complexity index is 409. The van der Waals surface area contributed by atoms with Gasteiger partial charge in [-0.1, -0.05) is 11.6 Å². The maximum absolute atomic E-state index is 5.10. The van der Waals surface area contributed by atoms with Crippen LogP contribution >= 0.6 is 0 Å². The Morgan fingerprint density at radius 3 is 2.25 bits per heavy atom. The summed E-state index contributed by atoms with van der Waals surface area (Å²) in [6, 6.07) is 7.77. The third kappa shape index (κ3) is 3.39. The minimum Gasteiger partial charge on any atom is -0.497 e. The highest BCUT2D eigenvalue weighted by Gasteiger charge is 1.98. The van der Waals surface area contributed by atoms with Crippen LogP contribution in [0.3, 0.4) is 0 Å². The highest BCUT2D eigenvalue weighted by Crippen LogP contribution is 2.19. The highest BCUT2D eigenvalue weighted by atomic mass is 16.5. The van der Waals surface area contributed by atoms with Gasteiger partial charge in [-0.2, -0.15) is 0 Å². The lowest BCUT2D eigenvalue weighted by molar-refractivity contribution is 0.415. The summed E-state index contributed by atoms with van der Waals surface area (Å²) in [5.74, 6) is 0.842. The maximum atomic E-state index is 5.10. The number of allylic oxidation sites excluding steroid dienone is 3. The number of rotatable bonds is 4. The molecule has 0 N–H and O–H groups in total. The molecule has 2 nitrogen and oxygen atoms in total. The molecule has 0 saturated carbocycles. The van der Waals surface area contributed by atoms with E-state index < -0.39 is 0 Å². The van der Waals surface area contributed by atoms with Crippen LogP contribution in [0, 0.1) is 0 Å². The lowest BCUT2D eigenvalue weighted by Gasteiger charge is -2.03. The molecule has 0 aliphatic carbocycles. The van der Waals surface area contributed by atoms with Gasteiger partial charge in [0.2, 0.25) is 0 Å². The summed E-state index contributed by atoms with van der Waals surface area (Å²) in [4.78, 5) is 4.01. The first-order chi connectivity index (χ1) is 7.67. The van der Waals surface area contributed by atoms with Crippen LogP contribution in [-0.2, 0) is 0 Å². The van der Waals surface area contributed by atoms with Gasteiger partial charge in [0, 0.05) is 5.56 Å². The van der Waals surface area contributed by atoms with Gasteiger partial charge in [-0.25, -0.2) is 0 Å². The molecule has 2 heteroatoms. The summed E-state index contributed by atoms with van der Waals surface area (Å²) in [5.41, 5.74) is 3.13. The van der Waals surface area contributed by atoms with Gasteiger partial charge in [0.15, 0.2) is 0 Å². The summed E-state index contributed by atoms with van der Waals surface area (Å²) in [7, 11) is 1.65. The van der Waals surface area contributed by atoms with Gasteiger partial charge < -0.3 is 4.74 Å². The fourth-order valence-corrected chi connectivity index (χ4v) is 1.25. The third-order valence-electron chi connectivity index (χ3n) is 2.13. The zero-order valence-electron chi connectivity index (χ0n) is 10.0. The zero-order chi connectivity index (χ0) is 12.0. The summed E-state index contributed by atoms with van der Waals surface area (Å²) >= 11 is 0. The quantitative estimate of drug-likeness (QED) is 0.554. The predicted molar refractivity (Wildman–Crippen MR) is 70.0 cm³/mol. The largest absolute Gasteiger partial charge is 0.497 e. The van der Waals surface area contributed by atoms with E-state index in [1.165, 1.54) is 5.57 Å². The van der Waals surface area contributed by atoms with E-state index >= 15 is 0 Å². The van der Waals surface area contributed by atoms with E-state index in [-0.39, 0.29) is 0 Å². The van der Waals surface area contributed by atoms with E-state index in [4.69, 9.17) is 4.74 Å². The van der Waals surface area contributed by atoms with Crippen molar-refractivity contribution in [2.45, 2.75) is 13.8 Å². The summed E-state index contributed by atoms with van der Waals surface area (Å²) in [6.45, 7) is 7.67. The molecule has 84 valence electrons. The summed E-state index contributed by atoms with van der Waals surface area (Å²) < 4.78 is 5.10. The normalized spacial score (nSPS) is 10.8. The number of ether oxygens (including phenoxy) is 1. The SMILES string of the molecule is C=N/C(=C\C=C(C)C)c1ccc(OC)cc1. The van der Waals surface area contributed by atoms with E-state index in [9.17, 15) is 0 Å². The molecule has 0 unspecified atom stereocenters. The second-order valence-corrected chi connectivity index (χ2v) is 3.68. The van der Waals surface area contributed by atoms with Crippen molar-refractivity contribution in [3.8, 4) is 5.75 Å². The smallest absolute Gasteiger partial charge is 0.118 e. The molecular formula is C14H17NO. The van der Waals surface area contributed by atoms with E-state index in [0.717, 1.165) is 17.0 Å². The zero-order valence-corrected chi connectivity index (χ0v) is 10.0. The van der Waals surface area contributed by atoms with Crippen LogP contribution in [0.25, 0.3) is 5.70 Å². The van der Waals surface area contributed by atoms with Crippen LogP contribution in [0.2, 0.25) is 0 Å². The fraction of sp³-hybridized carbons (Fsp3) is 0.214. The fourth-order valence-electron chi connectivity index (χ4n) is 1.25. The lowest BCUT2D eigenvalue weighted by Crippen LogP contribution is -1.84. The van der Waals surface area contributed by atoms with E-state index in [1.807, 2.05) is 50.3 Å². The molecule has 1 rings (SSSR count). The lowest BCUT2D eigenvalue weighted by atomic mass is 10.1. The van der Waals surface area contributed by atoms with Crippen LogP contribution in [0.1, 0.15) is 19.4 Å². The number of benzene rings is 1. The van der Waals surface area contributed by atoms with Gasteiger partial charge in [-0.3, -0.25) is 4.99 Å². The molecule has 1 aromatic carbocycles. The van der Waals surface area contributed by atoms with Gasteiger partial charge in [0.1, 0.15) is 5.75 Å². The van der Waals surface area contributed by atoms with Crippen molar-refractivity contribution >= 4 is 12.4 Å². The molecule has 0 bridgehead atoms. The second kappa shape index (κ2) is 5.91. The third-order valence-corrected chi connectivity index (χ3v) is 2.13. The van der Waals surface area contributed by atoms with Gasteiger partial charge in [0.05, 0.1) is 12.8 Å².